The molecule has 3 aromatic rings. The molecule has 0 spiro atoms. The highest BCUT2D eigenvalue weighted by molar-refractivity contribution is 6.31. The van der Waals surface area contributed by atoms with E-state index >= 15 is 0 Å². The van der Waals surface area contributed by atoms with Crippen LogP contribution in [-0.4, -0.2) is 38.8 Å². The first-order valence-electron chi connectivity index (χ1n) is 8.23. The molecule has 0 bridgehead atoms. The van der Waals surface area contributed by atoms with Crippen molar-refractivity contribution in [2.45, 2.75) is 18.8 Å². The van der Waals surface area contributed by atoms with Crippen molar-refractivity contribution in [3.05, 3.63) is 63.4 Å². The van der Waals surface area contributed by atoms with Gasteiger partial charge < -0.3 is 14.9 Å². The fourth-order valence-electron chi connectivity index (χ4n) is 3.41. The van der Waals surface area contributed by atoms with Crippen LogP contribution in [0.25, 0.3) is 10.9 Å². The number of benzene rings is 1. The Morgan fingerprint density at radius 3 is 3.00 bits per heavy atom. The summed E-state index contributed by atoms with van der Waals surface area (Å²) in [6, 6.07) is 4.98. The van der Waals surface area contributed by atoms with Crippen LogP contribution in [0.5, 0.6) is 0 Å². The van der Waals surface area contributed by atoms with Gasteiger partial charge >= 0.3 is 0 Å². The van der Waals surface area contributed by atoms with E-state index in [2.05, 4.69) is 15.0 Å². The summed E-state index contributed by atoms with van der Waals surface area (Å²) in [4.78, 5) is 37.8. The minimum absolute atomic E-state index is 0.162. The van der Waals surface area contributed by atoms with Gasteiger partial charge in [-0.1, -0.05) is 11.6 Å². The fourth-order valence-corrected chi connectivity index (χ4v) is 3.58. The van der Waals surface area contributed by atoms with E-state index < -0.39 is 0 Å². The van der Waals surface area contributed by atoms with Crippen LogP contribution in [0, 0.1) is 0 Å². The molecule has 4 rings (SSSR count). The van der Waals surface area contributed by atoms with Crippen molar-refractivity contribution in [1.82, 2.24) is 19.9 Å². The quantitative estimate of drug-likeness (QED) is 0.740. The summed E-state index contributed by atoms with van der Waals surface area (Å²) < 4.78 is 0. The summed E-state index contributed by atoms with van der Waals surface area (Å²) >= 11 is 5.95. The van der Waals surface area contributed by atoms with Crippen molar-refractivity contribution < 1.29 is 4.79 Å². The number of fused-ring (bicyclic) bond motifs is 1. The van der Waals surface area contributed by atoms with Gasteiger partial charge in [0.05, 0.1) is 5.52 Å². The predicted molar refractivity (Wildman–Crippen MR) is 96.0 cm³/mol. The molecule has 0 saturated carbocycles. The summed E-state index contributed by atoms with van der Waals surface area (Å²) in [6.45, 7) is 1.21. The second-order valence-electron chi connectivity index (χ2n) is 6.29. The number of pyridine rings is 1. The lowest BCUT2D eigenvalue weighted by atomic mass is 9.96. The lowest BCUT2D eigenvalue weighted by molar-refractivity contribution is 0.0703. The normalized spacial score (nSPS) is 17.8. The maximum absolute atomic E-state index is 12.9. The number of likely N-dealkylation sites (tertiary alicyclic amines) is 1. The number of nitrogens with one attached hydrogen (secondary N) is 2. The molecule has 7 heteroatoms. The Bertz CT molecular complexity index is 980. The van der Waals surface area contributed by atoms with Crippen LogP contribution in [0.4, 0.5) is 0 Å². The first-order valence-corrected chi connectivity index (χ1v) is 8.61. The van der Waals surface area contributed by atoms with E-state index in [-0.39, 0.29) is 22.8 Å². The second-order valence-corrected chi connectivity index (χ2v) is 6.72. The SMILES string of the molecule is O=C(c1c[nH]c2cc(Cl)ccc2c1=O)N1CCCC(c2ncc[nH]2)C1. The van der Waals surface area contributed by atoms with Gasteiger partial charge in [0.1, 0.15) is 11.4 Å². The van der Waals surface area contributed by atoms with Crippen molar-refractivity contribution in [2.24, 2.45) is 0 Å². The molecule has 6 nitrogen and oxygen atoms in total. The maximum atomic E-state index is 12.9. The smallest absolute Gasteiger partial charge is 0.259 e. The molecule has 1 atom stereocenters. The molecule has 1 aromatic carbocycles. The highest BCUT2D eigenvalue weighted by Gasteiger charge is 2.28. The Morgan fingerprint density at radius 2 is 2.20 bits per heavy atom. The molecule has 25 heavy (non-hydrogen) atoms. The number of hydrogen-bond acceptors (Lipinski definition) is 3. The molecule has 2 N–H and O–H groups in total. The monoisotopic (exact) mass is 356 g/mol. The van der Waals surface area contributed by atoms with Gasteiger partial charge in [-0.15, -0.1) is 0 Å². The highest BCUT2D eigenvalue weighted by Crippen LogP contribution is 2.25. The molecule has 1 unspecified atom stereocenters. The van der Waals surface area contributed by atoms with Crippen LogP contribution < -0.4 is 5.43 Å². The predicted octanol–water partition coefficient (Wildman–Crippen LogP) is 2.92. The van der Waals surface area contributed by atoms with Gasteiger partial charge in [0.15, 0.2) is 0 Å². The number of aromatic amines is 2. The first kappa shape index (κ1) is 15.9. The molecular formula is C18H17ClN4O2. The molecule has 0 radical (unpaired) electrons. The number of halogens is 1. The van der Waals surface area contributed by atoms with E-state index in [0.717, 1.165) is 18.7 Å². The highest BCUT2D eigenvalue weighted by atomic mass is 35.5. The number of imidazole rings is 1. The van der Waals surface area contributed by atoms with Gasteiger partial charge in [-0.2, -0.15) is 0 Å². The minimum Gasteiger partial charge on any atom is -0.360 e. The van der Waals surface area contributed by atoms with Gasteiger partial charge in [-0.05, 0) is 31.0 Å². The average molecular weight is 357 g/mol. The van der Waals surface area contributed by atoms with Crippen LogP contribution in [0.3, 0.4) is 0 Å². The van der Waals surface area contributed by atoms with Crippen molar-refractivity contribution in [3.63, 3.8) is 0 Å². The number of amides is 1. The zero-order valence-electron chi connectivity index (χ0n) is 13.5. The molecule has 128 valence electrons. The molecule has 1 aliphatic heterocycles. The van der Waals surface area contributed by atoms with Crippen LogP contribution >= 0.6 is 11.6 Å². The zero-order chi connectivity index (χ0) is 17.4. The summed E-state index contributed by atoms with van der Waals surface area (Å²) in [5.74, 6) is 0.819. The maximum Gasteiger partial charge on any atom is 0.259 e. The number of aromatic nitrogens is 3. The van der Waals surface area contributed by atoms with Crippen molar-refractivity contribution in [3.8, 4) is 0 Å². The van der Waals surface area contributed by atoms with Crippen molar-refractivity contribution in [1.29, 1.82) is 0 Å². The van der Waals surface area contributed by atoms with Gasteiger partial charge in [-0.25, -0.2) is 4.98 Å². The van der Waals surface area contributed by atoms with Crippen molar-refractivity contribution >= 4 is 28.4 Å². The Hall–Kier alpha value is -2.60. The number of nitrogens with zero attached hydrogens (tertiary/aromatic N) is 2. The summed E-state index contributed by atoms with van der Waals surface area (Å²) in [5.41, 5.74) is 0.520. The van der Waals surface area contributed by atoms with Crippen LogP contribution in [-0.2, 0) is 0 Å². The number of hydrogen-bond donors (Lipinski definition) is 2. The molecule has 1 aliphatic rings. The van der Waals surface area contributed by atoms with Gasteiger partial charge in [0.2, 0.25) is 5.43 Å². The third-order valence-corrected chi connectivity index (χ3v) is 4.92. The molecular weight excluding hydrogens is 340 g/mol. The topological polar surface area (TPSA) is 81.8 Å². The van der Waals surface area contributed by atoms with E-state index in [4.69, 9.17) is 11.6 Å². The Balaban J connectivity index is 1.64. The van der Waals surface area contributed by atoms with Gasteiger partial charge in [0.25, 0.3) is 5.91 Å². The number of carbonyl (C=O) groups excluding carboxylic acids is 1. The zero-order valence-corrected chi connectivity index (χ0v) is 14.2. The van der Waals surface area contributed by atoms with Crippen LogP contribution in [0.2, 0.25) is 5.02 Å². The summed E-state index contributed by atoms with van der Waals surface area (Å²) in [7, 11) is 0. The van der Waals surface area contributed by atoms with E-state index in [1.807, 2.05) is 0 Å². The van der Waals surface area contributed by atoms with Crippen molar-refractivity contribution in [2.75, 3.05) is 13.1 Å². The number of carbonyl (C=O) groups is 1. The Kier molecular flexibility index (Phi) is 4.05. The summed E-state index contributed by atoms with van der Waals surface area (Å²) in [5, 5.41) is 1.01. The molecule has 3 heterocycles. The number of piperidine rings is 1. The second kappa shape index (κ2) is 6.37. The van der Waals surface area contributed by atoms with Gasteiger partial charge in [0, 0.05) is 48.0 Å². The van der Waals surface area contributed by atoms with Gasteiger partial charge in [-0.3, -0.25) is 9.59 Å². The average Bonchev–Trinajstić information content (AvgIpc) is 3.16. The number of H-pyrrole nitrogens is 2. The molecule has 0 aliphatic carbocycles. The molecule has 1 saturated heterocycles. The Morgan fingerprint density at radius 1 is 1.32 bits per heavy atom. The molecule has 1 amide bonds. The summed E-state index contributed by atoms with van der Waals surface area (Å²) in [6.07, 6.45) is 6.85. The van der Waals surface area contributed by atoms with E-state index in [9.17, 15) is 9.59 Å². The molecule has 1 fully saturated rings. The van der Waals surface area contributed by atoms with Crippen LogP contribution in [0.1, 0.15) is 34.9 Å². The first-order chi connectivity index (χ1) is 12.1. The van der Waals surface area contributed by atoms with E-state index in [0.29, 0.717) is 29.0 Å². The fraction of sp³-hybridized carbons (Fsp3) is 0.278. The van der Waals surface area contributed by atoms with E-state index in [1.54, 1.807) is 35.5 Å². The largest absolute Gasteiger partial charge is 0.360 e. The van der Waals surface area contributed by atoms with E-state index in [1.165, 1.54) is 6.20 Å². The number of rotatable bonds is 2. The lowest BCUT2D eigenvalue weighted by Gasteiger charge is -2.31. The third kappa shape index (κ3) is 2.93. The third-order valence-electron chi connectivity index (χ3n) is 4.69. The van der Waals surface area contributed by atoms with Crippen LogP contribution in [0.15, 0.2) is 41.6 Å². The minimum atomic E-state index is -0.268. The Labute approximate surface area is 148 Å². The lowest BCUT2D eigenvalue weighted by Crippen LogP contribution is -2.41. The standard InChI is InChI=1S/C18H17ClN4O2/c19-12-3-4-13-15(8-12)22-9-14(16(13)24)18(25)23-7-1-2-11(10-23)17-20-5-6-21-17/h3-6,8-9,11H,1-2,7,10H2,(H,20,21)(H,22,24). The molecule has 2 aromatic heterocycles.